The summed E-state index contributed by atoms with van der Waals surface area (Å²) in [6.07, 6.45) is 3.44. The van der Waals surface area contributed by atoms with E-state index in [1.165, 1.54) is 0 Å². The average molecular weight is 750 g/mol. The number of carbonyl (C=O) groups excluding carboxylic acids is 2. The second-order valence-corrected chi connectivity index (χ2v) is 16.1. The molecule has 3 aliphatic rings. The van der Waals surface area contributed by atoms with Gasteiger partial charge in [0, 0.05) is 78.9 Å². The molecule has 6 rings (SSSR count). The number of benzene rings is 2. The minimum Gasteiger partial charge on any atom is -0.493 e. The number of nitrogens with one attached hydrogen (secondary N) is 1. The molecule has 4 heterocycles. The third-order valence-corrected chi connectivity index (χ3v) is 11.2. The average Bonchev–Trinajstić information content (AvgIpc) is 3.36. The molecule has 0 radical (unpaired) electrons. The van der Waals surface area contributed by atoms with E-state index in [4.69, 9.17) is 42.7 Å². The molecule has 278 valence electrons. The minimum atomic E-state index is -1.04. The Morgan fingerprint density at radius 1 is 0.942 bits per heavy atom. The highest BCUT2D eigenvalue weighted by Crippen LogP contribution is 2.54. The fourth-order valence-electron chi connectivity index (χ4n) is 7.41. The molecule has 0 unspecified atom stereocenters. The Morgan fingerprint density at radius 3 is 2.12 bits per heavy atom. The number of ether oxygens (including phenoxy) is 2. The molecule has 10 nitrogen and oxygen atoms in total. The molecule has 52 heavy (non-hydrogen) atoms. The van der Waals surface area contributed by atoms with E-state index < -0.39 is 11.1 Å². The Labute approximate surface area is 317 Å². The first-order valence-corrected chi connectivity index (χ1v) is 18.9. The van der Waals surface area contributed by atoms with Crippen LogP contribution >= 0.6 is 23.2 Å². The molecule has 2 saturated heterocycles. The first-order chi connectivity index (χ1) is 24.7. The van der Waals surface area contributed by atoms with Crippen molar-refractivity contribution in [3.05, 3.63) is 93.2 Å². The number of piperazine rings is 1. The molecule has 0 bridgehead atoms. The number of amides is 3. The van der Waals surface area contributed by atoms with Gasteiger partial charge in [-0.05, 0) is 69.0 Å². The zero-order valence-electron chi connectivity index (χ0n) is 31.0. The monoisotopic (exact) mass is 748 g/mol. The van der Waals surface area contributed by atoms with E-state index in [1.807, 2.05) is 71.3 Å². The highest BCUT2D eigenvalue weighted by molar-refractivity contribution is 6.30. The Kier molecular flexibility index (Phi) is 11.2. The van der Waals surface area contributed by atoms with Crippen LogP contribution in [-0.2, 0) is 26.0 Å². The summed E-state index contributed by atoms with van der Waals surface area (Å²) < 4.78 is 11.7. The van der Waals surface area contributed by atoms with Gasteiger partial charge in [-0.1, -0.05) is 68.2 Å². The highest BCUT2D eigenvalue weighted by atomic mass is 35.5. The SMILES string of the molecule is CCOc1cc(C(C)(C)C)ncc1C1=N[C@@](C)(c2ccc(Cl)cc2)[C@@](C)(c2ccc(Cl)cc2)N1C(=O)N1CCN(CC(=O)NC2CCOCC2)CC1. The lowest BCUT2D eigenvalue weighted by molar-refractivity contribution is -0.123. The zero-order chi connectivity index (χ0) is 37.3. The summed E-state index contributed by atoms with van der Waals surface area (Å²) in [4.78, 5) is 44.4. The van der Waals surface area contributed by atoms with Gasteiger partial charge in [-0.25, -0.2) is 4.79 Å². The molecule has 0 spiro atoms. The molecule has 1 N–H and O–H groups in total. The lowest BCUT2D eigenvalue weighted by Gasteiger charge is -2.47. The molecule has 2 atom stereocenters. The van der Waals surface area contributed by atoms with Crippen LogP contribution in [0.15, 0.2) is 65.8 Å². The van der Waals surface area contributed by atoms with E-state index in [2.05, 4.69) is 44.8 Å². The topological polar surface area (TPSA) is 99.6 Å². The van der Waals surface area contributed by atoms with Crippen LogP contribution in [0, 0.1) is 0 Å². The van der Waals surface area contributed by atoms with Gasteiger partial charge in [0.2, 0.25) is 5.91 Å². The largest absolute Gasteiger partial charge is 0.493 e. The molecule has 3 aromatic rings. The number of carbonyl (C=O) groups is 2. The number of rotatable bonds is 8. The van der Waals surface area contributed by atoms with Gasteiger partial charge in [-0.2, -0.15) is 0 Å². The molecule has 0 saturated carbocycles. The molecule has 0 aliphatic carbocycles. The summed E-state index contributed by atoms with van der Waals surface area (Å²) >= 11 is 12.8. The Morgan fingerprint density at radius 2 is 1.54 bits per heavy atom. The molecule has 1 aromatic heterocycles. The third kappa shape index (κ3) is 7.53. The van der Waals surface area contributed by atoms with Crippen molar-refractivity contribution in [1.29, 1.82) is 0 Å². The maximum absolute atomic E-state index is 15.3. The van der Waals surface area contributed by atoms with Crippen molar-refractivity contribution in [2.75, 3.05) is 52.5 Å². The fourth-order valence-corrected chi connectivity index (χ4v) is 7.67. The first kappa shape index (κ1) is 38.0. The predicted molar refractivity (Wildman–Crippen MR) is 205 cm³/mol. The molecule has 2 fully saturated rings. The molecule has 3 aliphatic heterocycles. The number of urea groups is 1. The summed E-state index contributed by atoms with van der Waals surface area (Å²) in [5.41, 5.74) is 1.01. The van der Waals surface area contributed by atoms with Crippen LogP contribution in [0.5, 0.6) is 5.75 Å². The Bertz CT molecular complexity index is 1780. The number of aromatic nitrogens is 1. The lowest BCUT2D eigenvalue weighted by Crippen LogP contribution is -2.61. The summed E-state index contributed by atoms with van der Waals surface area (Å²) in [6.45, 7) is 16.5. The molecular formula is C40H50Cl2N6O4. The van der Waals surface area contributed by atoms with Crippen LogP contribution in [-0.4, -0.2) is 96.0 Å². The smallest absolute Gasteiger partial charge is 0.326 e. The van der Waals surface area contributed by atoms with Crippen molar-refractivity contribution in [2.45, 2.75) is 76.9 Å². The van der Waals surface area contributed by atoms with Gasteiger partial charge in [0.25, 0.3) is 0 Å². The van der Waals surface area contributed by atoms with Crippen molar-refractivity contribution < 1.29 is 19.1 Å². The fraction of sp³-hybridized carbons (Fsp3) is 0.500. The molecule has 3 amide bonds. The van der Waals surface area contributed by atoms with E-state index in [-0.39, 0.29) is 29.9 Å². The summed E-state index contributed by atoms with van der Waals surface area (Å²) in [7, 11) is 0. The van der Waals surface area contributed by atoms with Crippen molar-refractivity contribution in [2.24, 2.45) is 4.99 Å². The minimum absolute atomic E-state index is 0.00402. The van der Waals surface area contributed by atoms with Gasteiger partial charge in [0.05, 0.1) is 18.7 Å². The first-order valence-electron chi connectivity index (χ1n) is 18.2. The second kappa shape index (κ2) is 15.3. The van der Waals surface area contributed by atoms with Crippen LogP contribution < -0.4 is 10.1 Å². The number of amidine groups is 1. The molecular weight excluding hydrogens is 699 g/mol. The van der Waals surface area contributed by atoms with Crippen LogP contribution in [0.4, 0.5) is 4.79 Å². The van der Waals surface area contributed by atoms with Crippen LogP contribution in [0.3, 0.4) is 0 Å². The van der Waals surface area contributed by atoms with Crippen molar-refractivity contribution in [1.82, 2.24) is 25.0 Å². The predicted octanol–water partition coefficient (Wildman–Crippen LogP) is 7.01. The van der Waals surface area contributed by atoms with Crippen LogP contribution in [0.1, 0.15) is 76.8 Å². The van der Waals surface area contributed by atoms with E-state index in [9.17, 15) is 4.79 Å². The number of aliphatic imine (C=N–C) groups is 1. The second-order valence-electron chi connectivity index (χ2n) is 15.2. The number of hydrogen-bond donors (Lipinski definition) is 1. The van der Waals surface area contributed by atoms with Crippen molar-refractivity contribution >= 4 is 41.0 Å². The number of halogens is 2. The lowest BCUT2D eigenvalue weighted by atomic mass is 9.71. The van der Waals surface area contributed by atoms with Gasteiger partial charge >= 0.3 is 6.03 Å². The van der Waals surface area contributed by atoms with E-state index >= 15 is 4.79 Å². The quantitative estimate of drug-likeness (QED) is 0.266. The van der Waals surface area contributed by atoms with Crippen molar-refractivity contribution in [3.8, 4) is 5.75 Å². The van der Waals surface area contributed by atoms with E-state index in [1.54, 1.807) is 6.20 Å². The van der Waals surface area contributed by atoms with Gasteiger partial charge in [-0.3, -0.25) is 24.6 Å². The summed E-state index contributed by atoms with van der Waals surface area (Å²) in [5, 5.41) is 4.36. The Balaban J connectivity index is 1.40. The Hall–Kier alpha value is -3.70. The normalized spacial score (nSPS) is 23.0. The standard InChI is InChI=1S/C40H50Cl2N6O4/c1-7-52-33-24-34(38(2,3)4)43-25-32(33)36-45-39(5,27-8-12-29(41)13-9-27)40(6,28-10-14-30(42)15-11-28)48(36)37(50)47-20-18-46(19-21-47)26-35(49)44-31-16-22-51-23-17-31/h8-15,24-25,31H,7,16-23,26H2,1-6H3,(H,44,49)/t39-,40+/m0/s1. The van der Waals surface area contributed by atoms with E-state index in [0.717, 1.165) is 29.7 Å². The van der Waals surface area contributed by atoms with Gasteiger partial charge in [0.15, 0.2) is 0 Å². The number of hydrogen-bond acceptors (Lipinski definition) is 7. The number of nitrogens with zero attached hydrogens (tertiary/aromatic N) is 5. The van der Waals surface area contributed by atoms with Gasteiger partial charge in [-0.15, -0.1) is 0 Å². The van der Waals surface area contributed by atoms with Crippen molar-refractivity contribution in [3.63, 3.8) is 0 Å². The van der Waals surface area contributed by atoms with Gasteiger partial charge in [0.1, 0.15) is 22.7 Å². The maximum atomic E-state index is 15.3. The molecule has 2 aromatic carbocycles. The highest BCUT2D eigenvalue weighted by Gasteiger charge is 2.60. The van der Waals surface area contributed by atoms with Gasteiger partial charge < -0.3 is 19.7 Å². The summed E-state index contributed by atoms with van der Waals surface area (Å²) in [6, 6.07) is 17.2. The maximum Gasteiger partial charge on any atom is 0.326 e. The zero-order valence-corrected chi connectivity index (χ0v) is 32.6. The molecule has 12 heteroatoms. The number of pyridine rings is 1. The van der Waals surface area contributed by atoms with E-state index in [0.29, 0.717) is 73.2 Å². The van der Waals surface area contributed by atoms with Crippen LogP contribution in [0.25, 0.3) is 0 Å². The summed E-state index contributed by atoms with van der Waals surface area (Å²) in [5.74, 6) is 1.08. The van der Waals surface area contributed by atoms with Crippen LogP contribution in [0.2, 0.25) is 10.0 Å². The third-order valence-electron chi connectivity index (χ3n) is 10.7.